The molecule has 0 unspecified atom stereocenters. The van der Waals surface area contributed by atoms with Crippen molar-refractivity contribution in [3.05, 3.63) is 29.3 Å². The summed E-state index contributed by atoms with van der Waals surface area (Å²) < 4.78 is 4.86. The maximum Gasteiger partial charge on any atom is 0.223 e. The Morgan fingerprint density at radius 3 is 2.62 bits per heavy atom. The fourth-order valence-corrected chi connectivity index (χ4v) is 1.21. The molecule has 6 nitrogen and oxygen atoms in total. The summed E-state index contributed by atoms with van der Waals surface area (Å²) in [6.45, 7) is 6.08. The predicted molar refractivity (Wildman–Crippen MR) is 57.9 cm³/mol. The van der Waals surface area contributed by atoms with Gasteiger partial charge in [-0.2, -0.15) is 4.98 Å². The number of nitrogens with zero attached hydrogens (tertiary/aromatic N) is 4. The van der Waals surface area contributed by atoms with E-state index >= 15 is 0 Å². The van der Waals surface area contributed by atoms with Gasteiger partial charge in [0.2, 0.25) is 5.89 Å². The first-order chi connectivity index (χ1) is 7.65. The van der Waals surface area contributed by atoms with Crippen LogP contribution in [0, 0.1) is 20.8 Å². The summed E-state index contributed by atoms with van der Waals surface area (Å²) in [5.41, 5.74) is 1.84. The van der Waals surface area contributed by atoms with Crippen LogP contribution in [0.15, 0.2) is 10.7 Å². The highest BCUT2D eigenvalue weighted by molar-refractivity contribution is 5.33. The van der Waals surface area contributed by atoms with Crippen LogP contribution in [0.3, 0.4) is 0 Å². The minimum atomic E-state index is 0.481. The van der Waals surface area contributed by atoms with Gasteiger partial charge in [-0.25, -0.2) is 4.98 Å². The lowest BCUT2D eigenvalue weighted by Gasteiger charge is -2.04. The highest BCUT2D eigenvalue weighted by atomic mass is 16.5. The normalized spacial score (nSPS) is 10.4. The lowest BCUT2D eigenvalue weighted by atomic mass is 10.3. The lowest BCUT2D eigenvalue weighted by Crippen LogP contribution is -2.05. The summed E-state index contributed by atoms with van der Waals surface area (Å²) in [5, 5.41) is 6.86. The van der Waals surface area contributed by atoms with E-state index in [4.69, 9.17) is 4.52 Å². The van der Waals surface area contributed by atoms with Crippen molar-refractivity contribution in [2.75, 3.05) is 5.32 Å². The summed E-state index contributed by atoms with van der Waals surface area (Å²) in [6.07, 6.45) is 1.69. The Bertz CT molecular complexity index is 494. The molecule has 0 aromatic carbocycles. The van der Waals surface area contributed by atoms with Crippen LogP contribution in [0.4, 0.5) is 5.82 Å². The summed E-state index contributed by atoms with van der Waals surface area (Å²) in [4.78, 5) is 12.6. The molecule has 0 spiro atoms. The van der Waals surface area contributed by atoms with Gasteiger partial charge in [0.15, 0.2) is 5.82 Å². The average Bonchev–Trinajstić information content (AvgIpc) is 2.66. The number of anilines is 1. The number of aryl methyl sites for hydroxylation is 3. The number of nitrogens with one attached hydrogen (secondary N) is 1. The number of aromatic nitrogens is 4. The monoisotopic (exact) mass is 219 g/mol. The third-order valence-corrected chi connectivity index (χ3v) is 2.19. The fourth-order valence-electron chi connectivity index (χ4n) is 1.21. The standard InChI is InChI=1S/C10H13N5O/c1-6-7(2)13-9(4-11-6)12-5-10-14-8(3)16-15-10/h4H,5H2,1-3H3,(H,12,13). The maximum atomic E-state index is 4.86. The number of hydrogen-bond acceptors (Lipinski definition) is 6. The molecule has 2 aromatic rings. The van der Waals surface area contributed by atoms with Crippen molar-refractivity contribution in [2.24, 2.45) is 0 Å². The smallest absolute Gasteiger partial charge is 0.223 e. The summed E-state index contributed by atoms with van der Waals surface area (Å²) in [5.74, 6) is 1.88. The molecule has 6 heteroatoms. The van der Waals surface area contributed by atoms with Gasteiger partial charge in [0.05, 0.1) is 24.1 Å². The summed E-state index contributed by atoms with van der Waals surface area (Å²) in [7, 11) is 0. The zero-order valence-electron chi connectivity index (χ0n) is 9.48. The fraction of sp³-hybridized carbons (Fsp3) is 0.400. The molecule has 1 N–H and O–H groups in total. The number of hydrogen-bond donors (Lipinski definition) is 1. The Hall–Kier alpha value is -1.98. The Morgan fingerprint density at radius 1 is 1.19 bits per heavy atom. The first-order valence-electron chi connectivity index (χ1n) is 4.98. The van der Waals surface area contributed by atoms with E-state index in [1.165, 1.54) is 0 Å². The van der Waals surface area contributed by atoms with Crippen LogP contribution >= 0.6 is 0 Å². The van der Waals surface area contributed by atoms with Crippen LogP contribution in [-0.4, -0.2) is 20.1 Å². The highest BCUT2D eigenvalue weighted by Crippen LogP contribution is 2.06. The molecule has 0 bridgehead atoms. The van der Waals surface area contributed by atoms with E-state index in [0.717, 1.165) is 11.4 Å². The molecule has 0 amide bonds. The Morgan fingerprint density at radius 2 is 2.00 bits per heavy atom. The molecule has 84 valence electrons. The van der Waals surface area contributed by atoms with Crippen LogP contribution in [-0.2, 0) is 6.54 Å². The maximum absolute atomic E-state index is 4.86. The van der Waals surface area contributed by atoms with Gasteiger partial charge in [0, 0.05) is 6.92 Å². The number of rotatable bonds is 3. The molecule has 0 saturated heterocycles. The van der Waals surface area contributed by atoms with Crippen LogP contribution < -0.4 is 5.32 Å². The van der Waals surface area contributed by atoms with Gasteiger partial charge in [-0.15, -0.1) is 0 Å². The van der Waals surface area contributed by atoms with Crippen LogP contribution in [0.2, 0.25) is 0 Å². The minimum absolute atomic E-state index is 0.481. The van der Waals surface area contributed by atoms with Crippen molar-refractivity contribution in [1.82, 2.24) is 20.1 Å². The van der Waals surface area contributed by atoms with Crippen molar-refractivity contribution in [1.29, 1.82) is 0 Å². The van der Waals surface area contributed by atoms with E-state index in [9.17, 15) is 0 Å². The van der Waals surface area contributed by atoms with E-state index in [0.29, 0.717) is 24.1 Å². The van der Waals surface area contributed by atoms with Crippen LogP contribution in [0.1, 0.15) is 23.1 Å². The van der Waals surface area contributed by atoms with Crippen molar-refractivity contribution >= 4 is 5.82 Å². The second-order valence-electron chi connectivity index (χ2n) is 3.51. The molecule has 0 atom stereocenters. The van der Waals surface area contributed by atoms with Crippen molar-refractivity contribution in [3.63, 3.8) is 0 Å². The minimum Gasteiger partial charge on any atom is -0.361 e. The Labute approximate surface area is 93.1 Å². The molecular weight excluding hydrogens is 206 g/mol. The van der Waals surface area contributed by atoms with E-state index in [1.807, 2.05) is 13.8 Å². The zero-order valence-corrected chi connectivity index (χ0v) is 9.48. The Kier molecular flexibility index (Phi) is 2.80. The van der Waals surface area contributed by atoms with E-state index in [2.05, 4.69) is 25.4 Å². The first kappa shape index (κ1) is 10.5. The van der Waals surface area contributed by atoms with Gasteiger partial charge in [-0.1, -0.05) is 5.16 Å². The lowest BCUT2D eigenvalue weighted by molar-refractivity contribution is 0.388. The molecule has 2 aromatic heterocycles. The molecule has 16 heavy (non-hydrogen) atoms. The molecule has 2 rings (SSSR count). The molecular formula is C10H13N5O. The van der Waals surface area contributed by atoms with Gasteiger partial charge >= 0.3 is 0 Å². The van der Waals surface area contributed by atoms with Gasteiger partial charge in [-0.3, -0.25) is 4.98 Å². The van der Waals surface area contributed by atoms with E-state index < -0.39 is 0 Å². The Balaban J connectivity index is 2.02. The highest BCUT2D eigenvalue weighted by Gasteiger charge is 2.03. The SMILES string of the molecule is Cc1nc(CNc2cnc(C)c(C)n2)no1. The zero-order chi connectivity index (χ0) is 11.5. The third-order valence-electron chi connectivity index (χ3n) is 2.19. The third kappa shape index (κ3) is 2.33. The quantitative estimate of drug-likeness (QED) is 0.840. The second-order valence-corrected chi connectivity index (χ2v) is 3.51. The molecule has 0 aliphatic rings. The average molecular weight is 219 g/mol. The van der Waals surface area contributed by atoms with Gasteiger partial charge < -0.3 is 9.84 Å². The molecule has 0 aliphatic carbocycles. The van der Waals surface area contributed by atoms with Gasteiger partial charge in [-0.05, 0) is 13.8 Å². The van der Waals surface area contributed by atoms with E-state index in [-0.39, 0.29) is 0 Å². The molecule has 0 saturated carbocycles. The molecule has 0 aliphatic heterocycles. The topological polar surface area (TPSA) is 76.7 Å². The molecule has 0 radical (unpaired) electrons. The van der Waals surface area contributed by atoms with Gasteiger partial charge in [0.25, 0.3) is 0 Å². The van der Waals surface area contributed by atoms with Crippen molar-refractivity contribution in [2.45, 2.75) is 27.3 Å². The summed E-state index contributed by atoms with van der Waals surface area (Å²) >= 11 is 0. The predicted octanol–water partition coefficient (Wildman–Crippen LogP) is 1.40. The van der Waals surface area contributed by atoms with Crippen molar-refractivity contribution < 1.29 is 4.52 Å². The van der Waals surface area contributed by atoms with E-state index in [1.54, 1.807) is 13.1 Å². The largest absolute Gasteiger partial charge is 0.361 e. The summed E-state index contributed by atoms with van der Waals surface area (Å²) in [6, 6.07) is 0. The second kappa shape index (κ2) is 4.26. The van der Waals surface area contributed by atoms with Crippen LogP contribution in [0.5, 0.6) is 0 Å². The molecule has 0 fully saturated rings. The first-order valence-corrected chi connectivity index (χ1v) is 4.98. The van der Waals surface area contributed by atoms with Crippen LogP contribution in [0.25, 0.3) is 0 Å². The van der Waals surface area contributed by atoms with Crippen molar-refractivity contribution in [3.8, 4) is 0 Å². The van der Waals surface area contributed by atoms with Gasteiger partial charge in [0.1, 0.15) is 5.82 Å². The molecule has 2 heterocycles.